The van der Waals surface area contributed by atoms with E-state index >= 15 is 0 Å². The van der Waals surface area contributed by atoms with Crippen molar-refractivity contribution in [2.24, 2.45) is 0 Å². The van der Waals surface area contributed by atoms with Gasteiger partial charge in [0.1, 0.15) is 0 Å². The summed E-state index contributed by atoms with van der Waals surface area (Å²) in [6, 6.07) is 15.1. The molecule has 0 radical (unpaired) electrons. The Hall–Kier alpha value is -2.29. The molecule has 0 aliphatic heterocycles. The minimum Gasteiger partial charge on any atom is -0.493 e. The van der Waals surface area contributed by atoms with Crippen molar-refractivity contribution < 1.29 is 14.3 Å². The Morgan fingerprint density at radius 3 is 2.48 bits per heavy atom. The Morgan fingerprint density at radius 2 is 1.81 bits per heavy atom. The van der Waals surface area contributed by atoms with Crippen LogP contribution in [0.4, 0.5) is 0 Å². The monoisotopic (exact) mass is 284 g/mol. The molecule has 0 spiro atoms. The number of benzene rings is 2. The molecule has 0 amide bonds. The second-order valence-corrected chi connectivity index (χ2v) is 4.73. The van der Waals surface area contributed by atoms with Crippen LogP contribution >= 0.6 is 0 Å². The highest BCUT2D eigenvalue weighted by Gasteiger charge is 2.08. The van der Waals surface area contributed by atoms with Crippen molar-refractivity contribution >= 4 is 5.78 Å². The van der Waals surface area contributed by atoms with Crippen LogP contribution in [0.1, 0.15) is 29.3 Å². The Balaban J connectivity index is 1.93. The molecule has 0 N–H and O–H groups in total. The van der Waals surface area contributed by atoms with Crippen molar-refractivity contribution in [3.05, 3.63) is 59.7 Å². The maximum absolute atomic E-state index is 12.0. The molecule has 2 rings (SSSR count). The second kappa shape index (κ2) is 7.48. The average molecular weight is 284 g/mol. The van der Waals surface area contributed by atoms with E-state index in [1.54, 1.807) is 7.11 Å². The molecule has 0 unspecified atom stereocenters. The van der Waals surface area contributed by atoms with Crippen molar-refractivity contribution in [2.45, 2.75) is 19.8 Å². The molecule has 0 bridgehead atoms. The first-order valence-electron chi connectivity index (χ1n) is 7.12. The van der Waals surface area contributed by atoms with Gasteiger partial charge in [0.25, 0.3) is 0 Å². The zero-order valence-electron chi connectivity index (χ0n) is 12.5. The number of hydrogen-bond donors (Lipinski definition) is 0. The Morgan fingerprint density at radius 1 is 1.05 bits per heavy atom. The molecular weight excluding hydrogens is 264 g/mol. The fourth-order valence-electron chi connectivity index (χ4n) is 2.07. The molecule has 3 nitrogen and oxygen atoms in total. The molecule has 3 heteroatoms. The van der Waals surface area contributed by atoms with Crippen molar-refractivity contribution in [1.82, 2.24) is 0 Å². The van der Waals surface area contributed by atoms with E-state index in [2.05, 4.69) is 6.92 Å². The lowest BCUT2D eigenvalue weighted by atomic mass is 10.1. The molecule has 0 atom stereocenters. The molecule has 0 aromatic heterocycles. The average Bonchev–Trinajstić information content (AvgIpc) is 2.55. The van der Waals surface area contributed by atoms with Gasteiger partial charge in [0, 0.05) is 12.0 Å². The summed E-state index contributed by atoms with van der Waals surface area (Å²) in [5.74, 6) is 1.47. The molecule has 0 fully saturated rings. The van der Waals surface area contributed by atoms with E-state index in [1.807, 2.05) is 48.5 Å². The van der Waals surface area contributed by atoms with E-state index in [9.17, 15) is 4.79 Å². The summed E-state index contributed by atoms with van der Waals surface area (Å²) in [7, 11) is 1.62. The van der Waals surface area contributed by atoms with Crippen LogP contribution in [0, 0.1) is 0 Å². The normalized spacial score (nSPS) is 10.2. The quantitative estimate of drug-likeness (QED) is 0.723. The van der Waals surface area contributed by atoms with Crippen LogP contribution in [0.3, 0.4) is 0 Å². The lowest BCUT2D eigenvalue weighted by Gasteiger charge is -2.11. The summed E-state index contributed by atoms with van der Waals surface area (Å²) in [4.78, 5) is 12.0. The van der Waals surface area contributed by atoms with Gasteiger partial charge in [-0.2, -0.15) is 0 Å². The molecule has 0 saturated heterocycles. The van der Waals surface area contributed by atoms with E-state index in [0.717, 1.165) is 12.0 Å². The third-order valence-corrected chi connectivity index (χ3v) is 3.32. The van der Waals surface area contributed by atoms with Gasteiger partial charge in [-0.05, 0) is 24.1 Å². The minimum atomic E-state index is 0.0831. The molecule has 0 heterocycles. The third kappa shape index (κ3) is 4.09. The predicted molar refractivity (Wildman–Crippen MR) is 83.3 cm³/mol. The maximum atomic E-state index is 12.0. The standard InChI is InChI=1S/C18H20O3/c1-3-14-9-10-17(18(13-14)20-2)21-12-11-16(19)15-7-5-4-6-8-15/h4-10,13H,3,11-12H2,1-2H3. The number of ketones is 1. The maximum Gasteiger partial charge on any atom is 0.166 e. The minimum absolute atomic E-state index is 0.0831. The highest BCUT2D eigenvalue weighted by atomic mass is 16.5. The number of hydrogen-bond acceptors (Lipinski definition) is 3. The number of carbonyl (C=O) groups is 1. The van der Waals surface area contributed by atoms with Gasteiger partial charge in [-0.1, -0.05) is 43.3 Å². The lowest BCUT2D eigenvalue weighted by molar-refractivity contribution is 0.0961. The summed E-state index contributed by atoms with van der Waals surface area (Å²) in [6.07, 6.45) is 1.30. The first-order valence-corrected chi connectivity index (χ1v) is 7.12. The second-order valence-electron chi connectivity index (χ2n) is 4.73. The van der Waals surface area contributed by atoms with Crippen molar-refractivity contribution in [3.8, 4) is 11.5 Å². The van der Waals surface area contributed by atoms with Gasteiger partial charge in [0.15, 0.2) is 17.3 Å². The van der Waals surface area contributed by atoms with Gasteiger partial charge in [-0.15, -0.1) is 0 Å². The predicted octanol–water partition coefficient (Wildman–Crippen LogP) is 3.91. The topological polar surface area (TPSA) is 35.5 Å². The summed E-state index contributed by atoms with van der Waals surface area (Å²) < 4.78 is 11.0. The van der Waals surface area contributed by atoms with Crippen LogP contribution < -0.4 is 9.47 Å². The van der Waals surface area contributed by atoms with Crippen LogP contribution in [0.2, 0.25) is 0 Å². The van der Waals surface area contributed by atoms with Crippen molar-refractivity contribution in [2.75, 3.05) is 13.7 Å². The number of aryl methyl sites for hydroxylation is 1. The number of carbonyl (C=O) groups excluding carboxylic acids is 1. The molecule has 0 aliphatic rings. The van der Waals surface area contributed by atoms with Gasteiger partial charge in [0.05, 0.1) is 13.7 Å². The number of rotatable bonds is 7. The molecular formula is C18H20O3. The number of ether oxygens (including phenoxy) is 2. The molecule has 0 saturated carbocycles. The van der Waals surface area contributed by atoms with Crippen LogP contribution in [0.5, 0.6) is 11.5 Å². The lowest BCUT2D eigenvalue weighted by Crippen LogP contribution is -2.07. The first kappa shape index (κ1) is 15.1. The molecule has 2 aromatic carbocycles. The van der Waals surface area contributed by atoms with Crippen LogP contribution in [-0.2, 0) is 6.42 Å². The number of methoxy groups -OCH3 is 1. The fraction of sp³-hybridized carbons (Fsp3) is 0.278. The van der Waals surface area contributed by atoms with E-state index in [-0.39, 0.29) is 5.78 Å². The molecule has 21 heavy (non-hydrogen) atoms. The van der Waals surface area contributed by atoms with Crippen LogP contribution in [0.25, 0.3) is 0 Å². The Bertz CT molecular complexity index is 591. The SMILES string of the molecule is CCc1ccc(OCCC(=O)c2ccccc2)c(OC)c1. The zero-order chi connectivity index (χ0) is 15.1. The third-order valence-electron chi connectivity index (χ3n) is 3.32. The molecule has 110 valence electrons. The van der Waals surface area contributed by atoms with E-state index in [1.165, 1.54) is 5.56 Å². The highest BCUT2D eigenvalue weighted by Crippen LogP contribution is 2.28. The smallest absolute Gasteiger partial charge is 0.166 e. The largest absolute Gasteiger partial charge is 0.493 e. The zero-order valence-corrected chi connectivity index (χ0v) is 12.5. The molecule has 2 aromatic rings. The van der Waals surface area contributed by atoms with Crippen LogP contribution in [0.15, 0.2) is 48.5 Å². The highest BCUT2D eigenvalue weighted by molar-refractivity contribution is 5.96. The van der Waals surface area contributed by atoms with Gasteiger partial charge in [-0.25, -0.2) is 0 Å². The summed E-state index contributed by atoms with van der Waals surface area (Å²) in [5, 5.41) is 0. The number of Topliss-reactive ketones (excluding diaryl/α,β-unsaturated/α-hetero) is 1. The van der Waals surface area contributed by atoms with Gasteiger partial charge in [0.2, 0.25) is 0 Å². The van der Waals surface area contributed by atoms with Crippen molar-refractivity contribution in [1.29, 1.82) is 0 Å². The summed E-state index contributed by atoms with van der Waals surface area (Å²) in [5.41, 5.74) is 1.91. The van der Waals surface area contributed by atoms with Gasteiger partial charge >= 0.3 is 0 Å². The molecule has 0 aliphatic carbocycles. The fourth-order valence-corrected chi connectivity index (χ4v) is 2.07. The summed E-state index contributed by atoms with van der Waals surface area (Å²) >= 11 is 0. The van der Waals surface area contributed by atoms with E-state index < -0.39 is 0 Å². The van der Waals surface area contributed by atoms with E-state index in [4.69, 9.17) is 9.47 Å². The first-order chi connectivity index (χ1) is 10.2. The van der Waals surface area contributed by atoms with E-state index in [0.29, 0.717) is 24.5 Å². The van der Waals surface area contributed by atoms with Crippen LogP contribution in [-0.4, -0.2) is 19.5 Å². The van der Waals surface area contributed by atoms with Gasteiger partial charge in [-0.3, -0.25) is 4.79 Å². The Kier molecular flexibility index (Phi) is 5.38. The summed E-state index contributed by atoms with van der Waals surface area (Å²) in [6.45, 7) is 2.43. The van der Waals surface area contributed by atoms with Gasteiger partial charge < -0.3 is 9.47 Å². The Labute approximate surface area is 125 Å². The van der Waals surface area contributed by atoms with Crippen molar-refractivity contribution in [3.63, 3.8) is 0 Å².